The molecule has 0 radical (unpaired) electrons. The van der Waals surface area contributed by atoms with Crippen LogP contribution in [-0.2, 0) is 9.53 Å². The van der Waals surface area contributed by atoms with Crippen molar-refractivity contribution in [2.45, 2.75) is 12.8 Å². The number of thioether (sulfide) groups is 1. The highest BCUT2D eigenvalue weighted by Crippen LogP contribution is 2.48. The third kappa shape index (κ3) is 2.92. The fraction of sp³-hybridized carbons (Fsp3) is 0.235. The van der Waals surface area contributed by atoms with E-state index in [0.717, 1.165) is 21.1 Å². The molecule has 2 heterocycles. The van der Waals surface area contributed by atoms with Crippen molar-refractivity contribution in [1.82, 2.24) is 0 Å². The Morgan fingerprint density at radius 3 is 2.71 bits per heavy atom. The van der Waals surface area contributed by atoms with E-state index < -0.39 is 0 Å². The summed E-state index contributed by atoms with van der Waals surface area (Å²) in [5.74, 6) is 0.831. The summed E-state index contributed by atoms with van der Waals surface area (Å²) in [6.07, 6.45) is 0. The summed E-state index contributed by atoms with van der Waals surface area (Å²) in [5, 5.41) is 2.04. The first-order chi connectivity index (χ1) is 10.3. The number of rotatable bonds is 4. The van der Waals surface area contributed by atoms with Gasteiger partial charge >= 0.3 is 5.97 Å². The second-order valence-electron chi connectivity index (χ2n) is 4.71. The Morgan fingerprint density at radius 1 is 1.24 bits per heavy atom. The molecule has 4 heteroatoms. The SMILES string of the molecule is CCOC(=O)C1=C(c2cccs2)SCC1c1ccccc1. The summed E-state index contributed by atoms with van der Waals surface area (Å²) in [6, 6.07) is 14.3. The summed E-state index contributed by atoms with van der Waals surface area (Å²) in [5.41, 5.74) is 2.00. The number of carbonyl (C=O) groups is 1. The van der Waals surface area contributed by atoms with Crippen molar-refractivity contribution in [2.75, 3.05) is 12.4 Å². The van der Waals surface area contributed by atoms with Gasteiger partial charge in [-0.2, -0.15) is 0 Å². The summed E-state index contributed by atoms with van der Waals surface area (Å²) in [4.78, 5) is 14.7. The lowest BCUT2D eigenvalue weighted by molar-refractivity contribution is -0.138. The molecule has 1 aliphatic heterocycles. The van der Waals surface area contributed by atoms with Gasteiger partial charge in [-0.15, -0.1) is 23.1 Å². The maximum Gasteiger partial charge on any atom is 0.335 e. The van der Waals surface area contributed by atoms with E-state index in [-0.39, 0.29) is 11.9 Å². The molecule has 1 aromatic carbocycles. The normalized spacial score (nSPS) is 18.0. The van der Waals surface area contributed by atoms with Gasteiger partial charge in [0.15, 0.2) is 0 Å². The van der Waals surface area contributed by atoms with Crippen molar-refractivity contribution < 1.29 is 9.53 Å². The number of thiophene rings is 1. The highest BCUT2D eigenvalue weighted by atomic mass is 32.2. The highest BCUT2D eigenvalue weighted by Gasteiger charge is 2.34. The first kappa shape index (κ1) is 14.4. The van der Waals surface area contributed by atoms with Crippen LogP contribution in [0.3, 0.4) is 0 Å². The van der Waals surface area contributed by atoms with Crippen LogP contribution < -0.4 is 0 Å². The van der Waals surface area contributed by atoms with Gasteiger partial charge in [0.25, 0.3) is 0 Å². The van der Waals surface area contributed by atoms with E-state index in [1.807, 2.05) is 36.6 Å². The summed E-state index contributed by atoms with van der Waals surface area (Å²) in [6.45, 7) is 2.26. The molecule has 21 heavy (non-hydrogen) atoms. The van der Waals surface area contributed by atoms with Gasteiger partial charge in [-0.3, -0.25) is 0 Å². The van der Waals surface area contributed by atoms with Gasteiger partial charge in [-0.1, -0.05) is 36.4 Å². The second-order valence-corrected chi connectivity index (χ2v) is 6.69. The van der Waals surface area contributed by atoms with Gasteiger partial charge in [0, 0.05) is 21.5 Å². The largest absolute Gasteiger partial charge is 0.463 e. The van der Waals surface area contributed by atoms with E-state index in [1.54, 1.807) is 23.1 Å². The fourth-order valence-electron chi connectivity index (χ4n) is 2.49. The molecule has 0 bridgehead atoms. The minimum Gasteiger partial charge on any atom is -0.463 e. The molecule has 1 aromatic heterocycles. The van der Waals surface area contributed by atoms with Gasteiger partial charge < -0.3 is 4.74 Å². The van der Waals surface area contributed by atoms with Crippen LogP contribution in [0.4, 0.5) is 0 Å². The molecule has 3 rings (SSSR count). The standard InChI is InChI=1S/C17H16O2S2/c1-2-19-17(18)15-13(12-7-4-3-5-8-12)11-21-16(15)14-9-6-10-20-14/h3-10,13H,2,11H2,1H3. The maximum absolute atomic E-state index is 12.4. The highest BCUT2D eigenvalue weighted by molar-refractivity contribution is 8.08. The molecule has 0 aliphatic carbocycles. The average Bonchev–Trinajstić information content (AvgIpc) is 3.17. The van der Waals surface area contributed by atoms with Gasteiger partial charge in [0.2, 0.25) is 0 Å². The molecule has 0 N–H and O–H groups in total. The number of ether oxygens (including phenoxy) is 1. The van der Waals surface area contributed by atoms with Crippen molar-refractivity contribution >= 4 is 34.0 Å². The zero-order chi connectivity index (χ0) is 14.7. The predicted octanol–water partition coefficient (Wildman–Crippen LogP) is 4.55. The lowest BCUT2D eigenvalue weighted by atomic mass is 9.92. The predicted molar refractivity (Wildman–Crippen MR) is 89.5 cm³/mol. The molecule has 0 spiro atoms. The fourth-order valence-corrected chi connectivity index (χ4v) is 4.77. The van der Waals surface area contributed by atoms with Crippen LogP contribution in [0.2, 0.25) is 0 Å². The number of hydrogen-bond donors (Lipinski definition) is 0. The molecule has 0 fully saturated rings. The molecule has 2 nitrogen and oxygen atoms in total. The van der Waals surface area contributed by atoms with Crippen molar-refractivity contribution in [3.8, 4) is 0 Å². The third-order valence-corrected chi connectivity index (χ3v) is 5.67. The van der Waals surface area contributed by atoms with Crippen LogP contribution in [0.15, 0.2) is 53.4 Å². The number of benzene rings is 1. The summed E-state index contributed by atoms with van der Waals surface area (Å²) in [7, 11) is 0. The molecule has 108 valence electrons. The average molecular weight is 316 g/mol. The Kier molecular flexibility index (Phi) is 4.46. The van der Waals surface area contributed by atoms with E-state index in [4.69, 9.17) is 4.74 Å². The Labute approximate surface area is 132 Å². The van der Waals surface area contributed by atoms with Crippen molar-refractivity contribution in [3.63, 3.8) is 0 Å². The molecular formula is C17H16O2S2. The Bertz CT molecular complexity index is 645. The van der Waals surface area contributed by atoms with E-state index in [2.05, 4.69) is 18.2 Å². The van der Waals surface area contributed by atoms with Gasteiger partial charge in [-0.05, 0) is 23.9 Å². The Balaban J connectivity index is 2.04. The first-order valence-corrected chi connectivity index (χ1v) is 8.80. The molecule has 1 atom stereocenters. The summed E-state index contributed by atoms with van der Waals surface area (Å²) < 4.78 is 5.30. The van der Waals surface area contributed by atoms with E-state index in [1.165, 1.54) is 5.56 Å². The number of carbonyl (C=O) groups excluding carboxylic acids is 1. The van der Waals surface area contributed by atoms with Crippen molar-refractivity contribution in [2.24, 2.45) is 0 Å². The van der Waals surface area contributed by atoms with Crippen LogP contribution in [0.1, 0.15) is 23.3 Å². The number of esters is 1. The Morgan fingerprint density at radius 2 is 2.05 bits per heavy atom. The van der Waals surface area contributed by atoms with E-state index in [0.29, 0.717) is 6.61 Å². The maximum atomic E-state index is 12.4. The molecule has 0 amide bonds. The molecule has 2 aromatic rings. The Hall–Kier alpha value is -1.52. The lowest BCUT2D eigenvalue weighted by Crippen LogP contribution is -2.14. The van der Waals surface area contributed by atoms with Crippen LogP contribution in [0, 0.1) is 0 Å². The molecule has 1 unspecified atom stereocenters. The van der Waals surface area contributed by atoms with Gasteiger partial charge in [0.05, 0.1) is 12.2 Å². The van der Waals surface area contributed by atoms with Crippen LogP contribution in [0.5, 0.6) is 0 Å². The quantitative estimate of drug-likeness (QED) is 0.774. The monoisotopic (exact) mass is 316 g/mol. The van der Waals surface area contributed by atoms with E-state index >= 15 is 0 Å². The zero-order valence-electron chi connectivity index (χ0n) is 11.7. The van der Waals surface area contributed by atoms with Gasteiger partial charge in [0.1, 0.15) is 0 Å². The topological polar surface area (TPSA) is 26.3 Å². The summed E-state index contributed by atoms with van der Waals surface area (Å²) >= 11 is 3.42. The smallest absolute Gasteiger partial charge is 0.335 e. The van der Waals surface area contributed by atoms with E-state index in [9.17, 15) is 4.79 Å². The molecule has 0 saturated carbocycles. The van der Waals surface area contributed by atoms with Gasteiger partial charge in [-0.25, -0.2) is 4.79 Å². The molecular weight excluding hydrogens is 300 g/mol. The van der Waals surface area contributed by atoms with Crippen LogP contribution in [-0.4, -0.2) is 18.3 Å². The number of hydrogen-bond acceptors (Lipinski definition) is 4. The minimum absolute atomic E-state index is 0.118. The molecule has 0 saturated heterocycles. The second kappa shape index (κ2) is 6.50. The molecule has 1 aliphatic rings. The first-order valence-electron chi connectivity index (χ1n) is 6.94. The van der Waals surface area contributed by atoms with Crippen molar-refractivity contribution in [3.05, 3.63) is 63.9 Å². The van der Waals surface area contributed by atoms with Crippen LogP contribution >= 0.6 is 23.1 Å². The van der Waals surface area contributed by atoms with Crippen molar-refractivity contribution in [1.29, 1.82) is 0 Å². The third-order valence-electron chi connectivity index (χ3n) is 3.43. The lowest BCUT2D eigenvalue weighted by Gasteiger charge is -2.14. The van der Waals surface area contributed by atoms with Crippen LogP contribution in [0.25, 0.3) is 4.91 Å². The zero-order valence-corrected chi connectivity index (χ0v) is 13.4. The minimum atomic E-state index is -0.181.